The van der Waals surface area contributed by atoms with Crippen LogP contribution in [0.1, 0.15) is 31.4 Å². The first-order chi connectivity index (χ1) is 7.92. The Hall–Kier alpha value is -0.0457. The van der Waals surface area contributed by atoms with Crippen LogP contribution >= 0.6 is 0 Å². The van der Waals surface area contributed by atoms with Crippen LogP contribution < -0.4 is 24.8 Å². The standard InChI is InChI=1S/C15H17O.2ClH.Ti/c1-2-12-16-15(14-10-6-7-11-14)13-8-4-3-5-9-13;;;/h3-6,8-10,15H,2,7,12H2,1H3;2*1H;/q-1;;;+3/p-2. The predicted octanol–water partition coefficient (Wildman–Crippen LogP) is -2.15. The van der Waals surface area contributed by atoms with Crippen molar-refractivity contribution >= 4 is 0 Å². The van der Waals surface area contributed by atoms with Crippen LogP contribution in [0.3, 0.4) is 0 Å². The third kappa shape index (κ3) is 6.29. The monoisotopic (exact) mass is 331 g/mol. The first-order valence-corrected chi connectivity index (χ1v) is 5.85. The molecule has 2 rings (SSSR count). The third-order valence-corrected chi connectivity index (χ3v) is 2.59. The number of allylic oxidation sites excluding steroid dienone is 2. The van der Waals surface area contributed by atoms with Gasteiger partial charge in [-0.1, -0.05) is 37.3 Å². The van der Waals surface area contributed by atoms with Gasteiger partial charge in [0.05, 0.1) is 6.10 Å². The van der Waals surface area contributed by atoms with Crippen molar-refractivity contribution < 1.29 is 51.3 Å². The maximum absolute atomic E-state index is 5.91. The summed E-state index contributed by atoms with van der Waals surface area (Å²) in [7, 11) is 0. The normalized spacial score (nSPS) is 13.6. The molecule has 0 saturated carbocycles. The quantitative estimate of drug-likeness (QED) is 0.441. The Balaban J connectivity index is 0. The van der Waals surface area contributed by atoms with Crippen LogP contribution in [0.25, 0.3) is 0 Å². The van der Waals surface area contributed by atoms with Gasteiger partial charge >= 0.3 is 21.7 Å². The van der Waals surface area contributed by atoms with E-state index in [1.54, 1.807) is 0 Å². The summed E-state index contributed by atoms with van der Waals surface area (Å²) in [5.41, 5.74) is 2.38. The molecule has 0 aliphatic heterocycles. The van der Waals surface area contributed by atoms with Crippen molar-refractivity contribution in [2.75, 3.05) is 6.61 Å². The number of benzene rings is 1. The minimum Gasteiger partial charge on any atom is -1.00 e. The SMILES string of the molecule is CCCOC(C1=[C-]CC=C1)c1ccccc1.[Cl-].[Cl-].[Ti+3]. The van der Waals surface area contributed by atoms with E-state index in [1.165, 1.54) is 11.1 Å². The average molecular weight is 332 g/mol. The van der Waals surface area contributed by atoms with Gasteiger partial charge < -0.3 is 29.6 Å². The molecular formula is C15H17Cl2OTi. The van der Waals surface area contributed by atoms with E-state index in [1.807, 2.05) is 6.07 Å². The summed E-state index contributed by atoms with van der Waals surface area (Å²) in [4.78, 5) is 0. The van der Waals surface area contributed by atoms with E-state index in [-0.39, 0.29) is 52.6 Å². The van der Waals surface area contributed by atoms with E-state index in [2.05, 4.69) is 49.4 Å². The van der Waals surface area contributed by atoms with Crippen LogP contribution in [-0.2, 0) is 26.5 Å². The fourth-order valence-corrected chi connectivity index (χ4v) is 1.83. The van der Waals surface area contributed by atoms with E-state index in [0.29, 0.717) is 0 Å². The smallest absolute Gasteiger partial charge is 1.00 e. The fourth-order valence-electron chi connectivity index (χ4n) is 1.83. The first kappa shape index (κ1) is 21.3. The molecule has 1 aromatic rings. The van der Waals surface area contributed by atoms with Gasteiger partial charge in [-0.2, -0.15) is 11.6 Å². The molecule has 1 radical (unpaired) electrons. The van der Waals surface area contributed by atoms with Crippen molar-refractivity contribution in [1.29, 1.82) is 0 Å². The molecule has 0 heterocycles. The molecule has 1 atom stereocenters. The van der Waals surface area contributed by atoms with Gasteiger partial charge in [-0.05, 0) is 12.0 Å². The van der Waals surface area contributed by atoms with Crippen LogP contribution in [0, 0.1) is 6.08 Å². The predicted molar refractivity (Wildman–Crippen MR) is 65.9 cm³/mol. The molecular weight excluding hydrogens is 315 g/mol. The van der Waals surface area contributed by atoms with Gasteiger partial charge in [0.15, 0.2) is 0 Å². The molecule has 0 spiro atoms. The summed E-state index contributed by atoms with van der Waals surface area (Å²) in [5, 5.41) is 0. The molecule has 101 valence electrons. The Kier molecular flexibility index (Phi) is 13.1. The van der Waals surface area contributed by atoms with E-state index in [4.69, 9.17) is 4.74 Å². The Labute approximate surface area is 143 Å². The Morgan fingerprint density at radius 2 is 1.89 bits per heavy atom. The van der Waals surface area contributed by atoms with Gasteiger partial charge in [0, 0.05) is 6.61 Å². The van der Waals surface area contributed by atoms with E-state index >= 15 is 0 Å². The maximum Gasteiger partial charge on any atom is 3.00 e. The number of rotatable bonds is 5. The van der Waals surface area contributed by atoms with Crippen LogP contribution in [0.4, 0.5) is 0 Å². The molecule has 1 aliphatic rings. The van der Waals surface area contributed by atoms with E-state index < -0.39 is 0 Å². The Morgan fingerprint density at radius 1 is 1.21 bits per heavy atom. The Bertz CT molecular complexity index is 390. The average Bonchev–Trinajstić information content (AvgIpc) is 2.85. The van der Waals surface area contributed by atoms with Crippen molar-refractivity contribution in [3.8, 4) is 0 Å². The van der Waals surface area contributed by atoms with Gasteiger partial charge in [-0.15, -0.1) is 6.42 Å². The van der Waals surface area contributed by atoms with Gasteiger partial charge in [0.2, 0.25) is 0 Å². The second kappa shape index (κ2) is 11.8. The summed E-state index contributed by atoms with van der Waals surface area (Å²) in [5.74, 6) is 0. The minimum absolute atomic E-state index is 0. The first-order valence-electron chi connectivity index (χ1n) is 5.85. The fraction of sp³-hybridized carbons (Fsp3) is 0.333. The summed E-state index contributed by atoms with van der Waals surface area (Å²) in [6.07, 6.45) is 9.60. The van der Waals surface area contributed by atoms with Crippen LogP contribution in [0.2, 0.25) is 0 Å². The van der Waals surface area contributed by atoms with Crippen LogP contribution in [0.15, 0.2) is 48.1 Å². The summed E-state index contributed by atoms with van der Waals surface area (Å²) in [6, 6.07) is 10.4. The van der Waals surface area contributed by atoms with Crippen molar-refractivity contribution in [2.24, 2.45) is 0 Å². The van der Waals surface area contributed by atoms with Crippen molar-refractivity contribution in [3.63, 3.8) is 0 Å². The third-order valence-electron chi connectivity index (χ3n) is 2.59. The Morgan fingerprint density at radius 3 is 2.42 bits per heavy atom. The summed E-state index contributed by atoms with van der Waals surface area (Å²) < 4.78 is 5.91. The second-order valence-corrected chi connectivity index (χ2v) is 3.90. The summed E-state index contributed by atoms with van der Waals surface area (Å²) >= 11 is 0. The molecule has 0 N–H and O–H groups in total. The molecule has 19 heavy (non-hydrogen) atoms. The molecule has 1 aromatic carbocycles. The van der Waals surface area contributed by atoms with Crippen molar-refractivity contribution in [3.05, 3.63) is 59.7 Å². The molecule has 1 unspecified atom stereocenters. The van der Waals surface area contributed by atoms with Crippen LogP contribution in [0.5, 0.6) is 0 Å². The zero-order valence-corrected chi connectivity index (χ0v) is 14.0. The minimum atomic E-state index is 0. The number of hydrogen-bond donors (Lipinski definition) is 0. The maximum atomic E-state index is 5.91. The largest absolute Gasteiger partial charge is 3.00 e. The van der Waals surface area contributed by atoms with E-state index in [0.717, 1.165) is 19.4 Å². The molecule has 1 nitrogen and oxygen atoms in total. The molecule has 0 saturated heterocycles. The topological polar surface area (TPSA) is 9.23 Å². The van der Waals surface area contributed by atoms with Gasteiger partial charge in [-0.25, -0.2) is 6.08 Å². The van der Waals surface area contributed by atoms with Crippen molar-refractivity contribution in [1.82, 2.24) is 0 Å². The molecule has 0 fully saturated rings. The number of hydrogen-bond acceptors (Lipinski definition) is 1. The zero-order valence-electron chi connectivity index (χ0n) is 10.9. The van der Waals surface area contributed by atoms with Gasteiger partial charge in [0.25, 0.3) is 0 Å². The molecule has 4 heteroatoms. The molecule has 0 aromatic heterocycles. The van der Waals surface area contributed by atoms with Crippen LogP contribution in [-0.4, -0.2) is 6.61 Å². The zero-order chi connectivity index (χ0) is 11.2. The van der Waals surface area contributed by atoms with Gasteiger partial charge in [0.1, 0.15) is 0 Å². The molecule has 0 amide bonds. The molecule has 1 aliphatic carbocycles. The molecule has 0 bridgehead atoms. The number of ether oxygens (including phenoxy) is 1. The van der Waals surface area contributed by atoms with Crippen molar-refractivity contribution in [2.45, 2.75) is 25.9 Å². The number of halogens is 2. The second-order valence-electron chi connectivity index (χ2n) is 3.90. The summed E-state index contributed by atoms with van der Waals surface area (Å²) in [6.45, 7) is 2.92. The van der Waals surface area contributed by atoms with Gasteiger partial charge in [-0.3, -0.25) is 6.08 Å². The van der Waals surface area contributed by atoms with E-state index in [9.17, 15) is 0 Å².